The van der Waals surface area contributed by atoms with Crippen molar-refractivity contribution in [3.8, 4) is 0 Å². The third-order valence-electron chi connectivity index (χ3n) is 3.31. The van der Waals surface area contributed by atoms with Crippen LogP contribution in [0.1, 0.15) is 30.7 Å². The van der Waals surface area contributed by atoms with Crippen LogP contribution in [0.25, 0.3) is 0 Å². The fourth-order valence-corrected chi connectivity index (χ4v) is 1.89. The molecule has 2 amide bonds. The predicted octanol–water partition coefficient (Wildman–Crippen LogP) is 2.00. The van der Waals surface area contributed by atoms with Crippen molar-refractivity contribution in [1.29, 1.82) is 0 Å². The first-order chi connectivity index (χ1) is 11.1. The number of nitrogens with zero attached hydrogens (tertiary/aromatic N) is 1. The van der Waals surface area contributed by atoms with E-state index < -0.39 is 11.8 Å². The monoisotopic (exact) mass is 313 g/mol. The molecular weight excluding hydrogens is 294 g/mol. The van der Waals surface area contributed by atoms with Crippen molar-refractivity contribution in [2.75, 3.05) is 0 Å². The summed E-state index contributed by atoms with van der Waals surface area (Å²) < 4.78 is 5.06. The Labute approximate surface area is 134 Å². The predicted molar refractivity (Wildman–Crippen MR) is 86.7 cm³/mol. The number of hydrogen-bond acceptors (Lipinski definition) is 4. The van der Waals surface area contributed by atoms with Gasteiger partial charge >= 0.3 is 11.8 Å². The zero-order chi connectivity index (χ0) is 16.7. The van der Waals surface area contributed by atoms with E-state index in [2.05, 4.69) is 22.8 Å². The number of aryl methyl sites for hydroxylation is 1. The molecule has 1 aromatic heterocycles. The summed E-state index contributed by atoms with van der Waals surface area (Å²) in [6.45, 7) is 4.00. The van der Waals surface area contributed by atoms with E-state index in [-0.39, 0.29) is 6.54 Å². The first kappa shape index (κ1) is 16.5. The van der Waals surface area contributed by atoms with Gasteiger partial charge in [-0.2, -0.15) is 5.10 Å². The van der Waals surface area contributed by atoms with Gasteiger partial charge in [-0.3, -0.25) is 9.59 Å². The van der Waals surface area contributed by atoms with Crippen molar-refractivity contribution < 1.29 is 14.0 Å². The Hall–Kier alpha value is -2.89. The molecule has 1 aromatic carbocycles. The molecule has 6 heteroatoms. The van der Waals surface area contributed by atoms with Crippen LogP contribution in [0.5, 0.6) is 0 Å². The second kappa shape index (κ2) is 7.93. The molecule has 23 heavy (non-hydrogen) atoms. The lowest BCUT2D eigenvalue weighted by atomic mass is 10.1. The molecule has 0 radical (unpaired) electrons. The normalized spacial score (nSPS) is 11.1. The molecular formula is C17H19N3O3. The topological polar surface area (TPSA) is 83.7 Å². The van der Waals surface area contributed by atoms with E-state index >= 15 is 0 Å². The summed E-state index contributed by atoms with van der Waals surface area (Å²) in [6.07, 6.45) is 2.46. The van der Waals surface area contributed by atoms with Crippen LogP contribution in [0.2, 0.25) is 0 Å². The molecule has 0 aliphatic heterocycles. The molecule has 0 fully saturated rings. The van der Waals surface area contributed by atoms with Gasteiger partial charge in [-0.1, -0.05) is 31.2 Å². The number of hydrogen-bond donors (Lipinski definition) is 2. The maximum atomic E-state index is 11.7. The molecule has 0 spiro atoms. The molecule has 2 N–H and O–H groups in total. The molecule has 0 atom stereocenters. The van der Waals surface area contributed by atoms with Crippen LogP contribution in [-0.4, -0.2) is 17.5 Å². The van der Waals surface area contributed by atoms with Crippen LogP contribution in [0.4, 0.5) is 0 Å². The van der Waals surface area contributed by atoms with E-state index in [1.165, 1.54) is 11.8 Å². The molecule has 2 rings (SSSR count). The second-order valence-electron chi connectivity index (χ2n) is 4.95. The van der Waals surface area contributed by atoms with Crippen molar-refractivity contribution in [2.24, 2.45) is 5.10 Å². The molecule has 120 valence electrons. The zero-order valence-corrected chi connectivity index (χ0v) is 13.1. The van der Waals surface area contributed by atoms with Gasteiger partial charge in [0.1, 0.15) is 5.76 Å². The highest BCUT2D eigenvalue weighted by Crippen LogP contribution is 2.06. The van der Waals surface area contributed by atoms with Crippen molar-refractivity contribution in [1.82, 2.24) is 10.7 Å². The standard InChI is InChI=1S/C17H19N3O3/c1-3-13-6-8-14(9-7-13)12(2)19-20-17(22)16(21)18-11-15-5-4-10-23-15/h4-10H,3,11H2,1-2H3,(H,18,21)(H,20,22)/b19-12-. The second-order valence-corrected chi connectivity index (χ2v) is 4.95. The van der Waals surface area contributed by atoms with E-state index in [1.54, 1.807) is 19.1 Å². The molecule has 6 nitrogen and oxygen atoms in total. The van der Waals surface area contributed by atoms with Crippen LogP contribution in [0.3, 0.4) is 0 Å². The zero-order valence-electron chi connectivity index (χ0n) is 13.1. The van der Waals surface area contributed by atoms with Gasteiger partial charge in [0, 0.05) is 0 Å². The Morgan fingerprint density at radius 3 is 2.48 bits per heavy atom. The molecule has 0 saturated carbocycles. The number of furan rings is 1. The summed E-state index contributed by atoms with van der Waals surface area (Å²) >= 11 is 0. The third-order valence-corrected chi connectivity index (χ3v) is 3.31. The first-order valence-corrected chi connectivity index (χ1v) is 7.34. The Kier molecular flexibility index (Phi) is 5.68. The Morgan fingerprint density at radius 2 is 1.87 bits per heavy atom. The van der Waals surface area contributed by atoms with E-state index in [0.717, 1.165) is 12.0 Å². The van der Waals surface area contributed by atoms with Gasteiger partial charge in [-0.05, 0) is 36.6 Å². The lowest BCUT2D eigenvalue weighted by Crippen LogP contribution is -2.37. The highest BCUT2D eigenvalue weighted by Gasteiger charge is 2.13. The number of nitrogens with one attached hydrogen (secondary N) is 2. The Balaban J connectivity index is 1.86. The molecule has 0 saturated heterocycles. The lowest BCUT2D eigenvalue weighted by Gasteiger charge is -2.04. The summed E-state index contributed by atoms with van der Waals surface area (Å²) in [7, 11) is 0. The summed E-state index contributed by atoms with van der Waals surface area (Å²) in [5, 5.41) is 6.40. The Morgan fingerprint density at radius 1 is 1.13 bits per heavy atom. The molecule has 0 unspecified atom stereocenters. The molecule has 2 aromatic rings. The van der Waals surface area contributed by atoms with E-state index in [4.69, 9.17) is 4.42 Å². The summed E-state index contributed by atoms with van der Waals surface area (Å²) in [4.78, 5) is 23.3. The van der Waals surface area contributed by atoms with Crippen molar-refractivity contribution in [3.63, 3.8) is 0 Å². The van der Waals surface area contributed by atoms with E-state index in [1.807, 2.05) is 24.3 Å². The van der Waals surface area contributed by atoms with Crippen LogP contribution < -0.4 is 10.7 Å². The number of rotatable bonds is 5. The van der Waals surface area contributed by atoms with Gasteiger partial charge < -0.3 is 9.73 Å². The molecule has 0 aliphatic carbocycles. The number of carbonyl (C=O) groups is 2. The maximum Gasteiger partial charge on any atom is 0.329 e. The van der Waals surface area contributed by atoms with Crippen molar-refractivity contribution >= 4 is 17.5 Å². The molecule has 0 bridgehead atoms. The van der Waals surface area contributed by atoms with Crippen molar-refractivity contribution in [2.45, 2.75) is 26.8 Å². The summed E-state index contributed by atoms with van der Waals surface area (Å²) in [5.74, 6) is -1.01. The number of hydrazone groups is 1. The summed E-state index contributed by atoms with van der Waals surface area (Å²) in [5.41, 5.74) is 4.98. The fourth-order valence-electron chi connectivity index (χ4n) is 1.89. The van der Waals surface area contributed by atoms with Crippen LogP contribution in [-0.2, 0) is 22.6 Å². The van der Waals surface area contributed by atoms with Crippen LogP contribution in [0, 0.1) is 0 Å². The average Bonchev–Trinajstić information content (AvgIpc) is 3.10. The van der Waals surface area contributed by atoms with Gasteiger partial charge in [0.25, 0.3) is 0 Å². The number of amides is 2. The van der Waals surface area contributed by atoms with Crippen LogP contribution >= 0.6 is 0 Å². The van der Waals surface area contributed by atoms with Gasteiger partial charge in [0.15, 0.2) is 0 Å². The molecule has 1 heterocycles. The van der Waals surface area contributed by atoms with E-state index in [0.29, 0.717) is 11.5 Å². The fraction of sp³-hybridized carbons (Fsp3) is 0.235. The minimum absolute atomic E-state index is 0.153. The van der Waals surface area contributed by atoms with Crippen molar-refractivity contribution in [3.05, 3.63) is 59.5 Å². The van der Waals surface area contributed by atoms with Gasteiger partial charge in [0.2, 0.25) is 0 Å². The Bertz CT molecular complexity index is 688. The number of carbonyl (C=O) groups excluding carboxylic acids is 2. The SMILES string of the molecule is CCc1ccc(/C(C)=N\NC(=O)C(=O)NCc2ccco2)cc1. The highest BCUT2D eigenvalue weighted by molar-refractivity contribution is 6.35. The summed E-state index contributed by atoms with van der Waals surface area (Å²) in [6, 6.07) is 11.3. The minimum atomic E-state index is -0.818. The largest absolute Gasteiger partial charge is 0.467 e. The van der Waals surface area contributed by atoms with Gasteiger partial charge in [-0.15, -0.1) is 0 Å². The smallest absolute Gasteiger partial charge is 0.329 e. The minimum Gasteiger partial charge on any atom is -0.467 e. The van der Waals surface area contributed by atoms with Crippen LogP contribution in [0.15, 0.2) is 52.2 Å². The van der Waals surface area contributed by atoms with Gasteiger partial charge in [-0.25, -0.2) is 5.43 Å². The highest BCUT2D eigenvalue weighted by atomic mass is 16.3. The maximum absolute atomic E-state index is 11.7. The quantitative estimate of drug-likeness (QED) is 0.503. The first-order valence-electron chi connectivity index (χ1n) is 7.34. The third kappa shape index (κ3) is 4.81. The molecule has 0 aliphatic rings. The average molecular weight is 313 g/mol. The van der Waals surface area contributed by atoms with E-state index in [9.17, 15) is 9.59 Å². The van der Waals surface area contributed by atoms with Gasteiger partial charge in [0.05, 0.1) is 18.5 Å². The number of benzene rings is 1. The lowest BCUT2D eigenvalue weighted by molar-refractivity contribution is -0.139.